The molecule has 4 heteroatoms. The van der Waals surface area contributed by atoms with E-state index in [2.05, 4.69) is 5.32 Å². The highest BCUT2D eigenvalue weighted by Crippen LogP contribution is 2.25. The first-order chi connectivity index (χ1) is 5.59. The molecule has 4 nitrogen and oxygen atoms in total. The van der Waals surface area contributed by atoms with Gasteiger partial charge in [0.25, 0.3) is 0 Å². The molecule has 1 amide bonds. The molecule has 1 aliphatic carbocycles. The van der Waals surface area contributed by atoms with Crippen LogP contribution in [0.2, 0.25) is 0 Å². The van der Waals surface area contributed by atoms with Gasteiger partial charge in [-0.15, -0.1) is 0 Å². The van der Waals surface area contributed by atoms with E-state index in [4.69, 9.17) is 10.8 Å². The van der Waals surface area contributed by atoms with Crippen LogP contribution in [0.1, 0.15) is 19.8 Å². The van der Waals surface area contributed by atoms with Gasteiger partial charge in [0.15, 0.2) is 0 Å². The number of carbonyl (C=O) groups is 1. The molecule has 1 rings (SSSR count). The van der Waals surface area contributed by atoms with E-state index in [1.54, 1.807) is 6.92 Å². The lowest BCUT2D eigenvalue weighted by Crippen LogP contribution is -2.43. The number of aliphatic hydroxyl groups is 1. The van der Waals surface area contributed by atoms with E-state index in [0.29, 0.717) is 12.5 Å². The molecule has 1 saturated carbocycles. The summed E-state index contributed by atoms with van der Waals surface area (Å²) in [6, 6.07) is -0.435. The molecule has 0 spiro atoms. The molecule has 0 aromatic rings. The Kier molecular flexibility index (Phi) is 3.05. The van der Waals surface area contributed by atoms with Crippen LogP contribution in [0.25, 0.3) is 0 Å². The molecular formula is C8H16N2O2. The predicted molar refractivity (Wildman–Crippen MR) is 45.4 cm³/mol. The summed E-state index contributed by atoms with van der Waals surface area (Å²) in [6.45, 7) is 2.31. The fourth-order valence-electron chi connectivity index (χ4n) is 1.27. The first kappa shape index (κ1) is 9.48. The highest BCUT2D eigenvalue weighted by atomic mass is 16.3. The normalized spacial score (nSPS) is 30.6. The molecule has 0 heterocycles. The Morgan fingerprint density at radius 3 is 2.75 bits per heavy atom. The highest BCUT2D eigenvalue weighted by Gasteiger charge is 2.27. The monoisotopic (exact) mass is 172 g/mol. The van der Waals surface area contributed by atoms with Crippen molar-refractivity contribution in [2.24, 2.45) is 11.7 Å². The second kappa shape index (κ2) is 3.87. The van der Waals surface area contributed by atoms with E-state index in [-0.39, 0.29) is 12.0 Å². The molecule has 4 N–H and O–H groups in total. The van der Waals surface area contributed by atoms with Gasteiger partial charge in [-0.05, 0) is 25.7 Å². The molecule has 0 aromatic carbocycles. The number of amides is 1. The summed E-state index contributed by atoms with van der Waals surface area (Å²) in [4.78, 5) is 11.0. The zero-order valence-electron chi connectivity index (χ0n) is 7.29. The number of hydrogen-bond acceptors (Lipinski definition) is 3. The Hall–Kier alpha value is -0.610. The minimum atomic E-state index is -0.435. The van der Waals surface area contributed by atoms with Crippen molar-refractivity contribution in [2.75, 3.05) is 6.54 Å². The van der Waals surface area contributed by atoms with Crippen LogP contribution in [-0.2, 0) is 4.79 Å². The van der Waals surface area contributed by atoms with Gasteiger partial charge in [-0.25, -0.2) is 0 Å². The fraction of sp³-hybridized carbons (Fsp3) is 0.875. The van der Waals surface area contributed by atoms with Gasteiger partial charge >= 0.3 is 0 Å². The van der Waals surface area contributed by atoms with Crippen molar-refractivity contribution in [3.05, 3.63) is 0 Å². The fourth-order valence-corrected chi connectivity index (χ4v) is 1.27. The van der Waals surface area contributed by atoms with Gasteiger partial charge in [0.2, 0.25) is 5.91 Å². The maximum atomic E-state index is 11.0. The minimum Gasteiger partial charge on any atom is -0.393 e. The third-order valence-electron chi connectivity index (χ3n) is 2.19. The van der Waals surface area contributed by atoms with Crippen LogP contribution in [0.15, 0.2) is 0 Å². The number of aliphatic hydroxyl groups excluding tert-OH is 1. The number of hydrogen-bond donors (Lipinski definition) is 3. The Bertz CT molecular complexity index is 164. The molecule has 1 atom stereocenters. The molecule has 1 fully saturated rings. The summed E-state index contributed by atoms with van der Waals surface area (Å²) in [7, 11) is 0. The number of nitrogens with two attached hydrogens (primary N) is 1. The Morgan fingerprint density at radius 2 is 2.33 bits per heavy atom. The van der Waals surface area contributed by atoms with Gasteiger partial charge in [0.05, 0.1) is 12.1 Å². The number of carbonyl (C=O) groups excluding carboxylic acids is 1. The maximum Gasteiger partial charge on any atom is 0.236 e. The lowest BCUT2D eigenvalue weighted by molar-refractivity contribution is -0.122. The average molecular weight is 172 g/mol. The Labute approximate surface area is 72.1 Å². The first-order valence-electron chi connectivity index (χ1n) is 4.31. The van der Waals surface area contributed by atoms with E-state index in [1.165, 1.54) is 0 Å². The van der Waals surface area contributed by atoms with E-state index in [0.717, 1.165) is 12.8 Å². The topological polar surface area (TPSA) is 75.4 Å². The SMILES string of the molecule is C[C@@H](N)C(=O)NCC1CC(O)C1. The average Bonchev–Trinajstić information content (AvgIpc) is 1.95. The molecule has 0 unspecified atom stereocenters. The maximum absolute atomic E-state index is 11.0. The molecule has 1 aliphatic rings. The molecule has 0 aromatic heterocycles. The molecule has 0 radical (unpaired) electrons. The summed E-state index contributed by atoms with van der Waals surface area (Å²) in [5.41, 5.74) is 5.35. The summed E-state index contributed by atoms with van der Waals surface area (Å²) in [5, 5.41) is 11.7. The molecular weight excluding hydrogens is 156 g/mol. The zero-order chi connectivity index (χ0) is 9.14. The van der Waals surface area contributed by atoms with Crippen LogP contribution in [0.3, 0.4) is 0 Å². The Balaban J connectivity index is 2.06. The summed E-state index contributed by atoms with van der Waals surface area (Å²) in [6.07, 6.45) is 1.46. The first-order valence-corrected chi connectivity index (χ1v) is 4.31. The third kappa shape index (κ3) is 2.46. The van der Waals surface area contributed by atoms with Crippen LogP contribution in [0, 0.1) is 5.92 Å². The van der Waals surface area contributed by atoms with Crippen molar-refractivity contribution in [3.8, 4) is 0 Å². The van der Waals surface area contributed by atoms with Crippen molar-refractivity contribution in [2.45, 2.75) is 31.9 Å². The van der Waals surface area contributed by atoms with Crippen molar-refractivity contribution >= 4 is 5.91 Å². The van der Waals surface area contributed by atoms with E-state index < -0.39 is 6.04 Å². The zero-order valence-corrected chi connectivity index (χ0v) is 7.29. The smallest absolute Gasteiger partial charge is 0.236 e. The second-order valence-corrected chi connectivity index (χ2v) is 3.53. The van der Waals surface area contributed by atoms with Crippen LogP contribution >= 0.6 is 0 Å². The second-order valence-electron chi connectivity index (χ2n) is 3.53. The molecule has 0 saturated heterocycles. The van der Waals surface area contributed by atoms with Crippen LogP contribution in [0.5, 0.6) is 0 Å². The van der Waals surface area contributed by atoms with Gasteiger partial charge < -0.3 is 16.2 Å². The van der Waals surface area contributed by atoms with E-state index in [9.17, 15) is 4.79 Å². The number of rotatable bonds is 3. The van der Waals surface area contributed by atoms with Gasteiger partial charge in [-0.2, -0.15) is 0 Å². The van der Waals surface area contributed by atoms with Gasteiger partial charge in [-0.1, -0.05) is 0 Å². The van der Waals surface area contributed by atoms with Crippen molar-refractivity contribution in [1.82, 2.24) is 5.32 Å². The standard InChI is InChI=1S/C8H16N2O2/c1-5(9)8(12)10-4-6-2-7(11)3-6/h5-7,11H,2-4,9H2,1H3,(H,10,12)/t5-,6?,7?/m1/s1. The lowest BCUT2D eigenvalue weighted by Gasteiger charge is -2.31. The number of nitrogens with one attached hydrogen (secondary N) is 1. The van der Waals surface area contributed by atoms with Gasteiger partial charge in [0.1, 0.15) is 0 Å². The summed E-state index contributed by atoms with van der Waals surface area (Å²) < 4.78 is 0. The van der Waals surface area contributed by atoms with E-state index in [1.807, 2.05) is 0 Å². The van der Waals surface area contributed by atoms with Crippen LogP contribution < -0.4 is 11.1 Å². The third-order valence-corrected chi connectivity index (χ3v) is 2.19. The van der Waals surface area contributed by atoms with E-state index >= 15 is 0 Å². The quantitative estimate of drug-likeness (QED) is 0.523. The van der Waals surface area contributed by atoms with Crippen molar-refractivity contribution in [1.29, 1.82) is 0 Å². The molecule has 0 aliphatic heterocycles. The predicted octanol–water partition coefficient (Wildman–Crippen LogP) is -0.779. The summed E-state index contributed by atoms with van der Waals surface area (Å²) in [5.74, 6) is 0.332. The van der Waals surface area contributed by atoms with Gasteiger partial charge in [-0.3, -0.25) is 4.79 Å². The largest absolute Gasteiger partial charge is 0.393 e. The van der Waals surface area contributed by atoms with Crippen LogP contribution in [-0.4, -0.2) is 29.7 Å². The Morgan fingerprint density at radius 1 is 1.75 bits per heavy atom. The lowest BCUT2D eigenvalue weighted by atomic mass is 9.82. The van der Waals surface area contributed by atoms with Crippen molar-refractivity contribution in [3.63, 3.8) is 0 Å². The summed E-state index contributed by atoms with van der Waals surface area (Å²) >= 11 is 0. The van der Waals surface area contributed by atoms with Gasteiger partial charge in [0, 0.05) is 6.54 Å². The molecule has 0 bridgehead atoms. The van der Waals surface area contributed by atoms with Crippen molar-refractivity contribution < 1.29 is 9.90 Å². The minimum absolute atomic E-state index is 0.114. The van der Waals surface area contributed by atoms with Crippen LogP contribution in [0.4, 0.5) is 0 Å². The molecule has 12 heavy (non-hydrogen) atoms. The molecule has 70 valence electrons. The highest BCUT2D eigenvalue weighted by molar-refractivity contribution is 5.80.